The third-order valence-electron chi connectivity index (χ3n) is 4.14. The summed E-state index contributed by atoms with van der Waals surface area (Å²) in [5.41, 5.74) is 0.960. The Morgan fingerprint density at radius 2 is 2.11 bits per heavy atom. The third kappa shape index (κ3) is 3.57. The molecule has 1 fully saturated rings. The first-order valence-corrected chi connectivity index (χ1v) is 7.44. The molecule has 1 aromatic rings. The monoisotopic (exact) mass is 266 g/mol. The van der Waals surface area contributed by atoms with Crippen LogP contribution in [0.25, 0.3) is 0 Å². The van der Waals surface area contributed by atoms with Gasteiger partial charge in [-0.05, 0) is 37.7 Å². The van der Waals surface area contributed by atoms with Crippen molar-refractivity contribution in [3.8, 4) is 0 Å². The first kappa shape index (κ1) is 14.5. The first-order chi connectivity index (χ1) is 9.19. The Hall–Kier alpha value is -0.870. The molecule has 0 bridgehead atoms. The highest BCUT2D eigenvalue weighted by molar-refractivity contribution is 5.03. The lowest BCUT2D eigenvalue weighted by Gasteiger charge is -2.20. The van der Waals surface area contributed by atoms with Crippen molar-refractivity contribution in [2.75, 3.05) is 7.11 Å². The van der Waals surface area contributed by atoms with Gasteiger partial charge < -0.3 is 9.84 Å². The SMILES string of the molecule is CCC(CC)n1ccc(CC(O)C(OC)C2CC2)n1. The van der Waals surface area contributed by atoms with Crippen LogP contribution in [0.1, 0.15) is 51.3 Å². The molecule has 4 heteroatoms. The van der Waals surface area contributed by atoms with Crippen molar-refractivity contribution >= 4 is 0 Å². The Morgan fingerprint density at radius 1 is 1.42 bits per heavy atom. The van der Waals surface area contributed by atoms with E-state index in [0.717, 1.165) is 18.5 Å². The molecule has 1 aliphatic rings. The maximum Gasteiger partial charge on any atom is 0.0862 e. The molecule has 1 saturated carbocycles. The second-order valence-electron chi connectivity index (χ2n) is 5.57. The average Bonchev–Trinajstić information content (AvgIpc) is 3.13. The minimum Gasteiger partial charge on any atom is -0.390 e. The van der Waals surface area contributed by atoms with Gasteiger partial charge in [-0.2, -0.15) is 5.10 Å². The van der Waals surface area contributed by atoms with Crippen molar-refractivity contribution in [1.29, 1.82) is 0 Å². The lowest BCUT2D eigenvalue weighted by Crippen LogP contribution is -2.32. The van der Waals surface area contributed by atoms with Crippen LogP contribution in [0.2, 0.25) is 0 Å². The maximum absolute atomic E-state index is 10.3. The van der Waals surface area contributed by atoms with Crippen molar-refractivity contribution < 1.29 is 9.84 Å². The highest BCUT2D eigenvalue weighted by Crippen LogP contribution is 2.36. The van der Waals surface area contributed by atoms with Gasteiger partial charge in [-0.15, -0.1) is 0 Å². The van der Waals surface area contributed by atoms with E-state index in [1.54, 1.807) is 7.11 Å². The molecule has 19 heavy (non-hydrogen) atoms. The van der Waals surface area contributed by atoms with E-state index in [1.807, 2.05) is 16.9 Å². The molecule has 0 amide bonds. The molecule has 2 atom stereocenters. The van der Waals surface area contributed by atoms with E-state index in [0.29, 0.717) is 18.4 Å². The van der Waals surface area contributed by atoms with Gasteiger partial charge in [-0.1, -0.05) is 13.8 Å². The van der Waals surface area contributed by atoms with Crippen LogP contribution in [0.15, 0.2) is 12.3 Å². The maximum atomic E-state index is 10.3. The highest BCUT2D eigenvalue weighted by Gasteiger charge is 2.36. The fourth-order valence-corrected chi connectivity index (χ4v) is 2.77. The fourth-order valence-electron chi connectivity index (χ4n) is 2.77. The van der Waals surface area contributed by atoms with Gasteiger partial charge in [0, 0.05) is 19.7 Å². The molecular weight excluding hydrogens is 240 g/mol. The Labute approximate surface area is 115 Å². The van der Waals surface area contributed by atoms with Crippen LogP contribution in [0.5, 0.6) is 0 Å². The topological polar surface area (TPSA) is 47.3 Å². The molecule has 0 aromatic carbocycles. The molecule has 108 valence electrons. The molecule has 1 aromatic heterocycles. The van der Waals surface area contributed by atoms with Gasteiger partial charge in [0.05, 0.1) is 23.9 Å². The molecule has 0 radical (unpaired) electrons. The Balaban J connectivity index is 1.95. The quantitative estimate of drug-likeness (QED) is 0.786. The van der Waals surface area contributed by atoms with Crippen molar-refractivity contribution in [3.05, 3.63) is 18.0 Å². The van der Waals surface area contributed by atoms with E-state index >= 15 is 0 Å². The van der Waals surface area contributed by atoms with E-state index in [4.69, 9.17) is 4.74 Å². The Morgan fingerprint density at radius 3 is 2.63 bits per heavy atom. The number of hydrogen-bond acceptors (Lipinski definition) is 3. The van der Waals surface area contributed by atoms with Crippen LogP contribution in [-0.2, 0) is 11.2 Å². The lowest BCUT2D eigenvalue weighted by atomic mass is 10.0. The van der Waals surface area contributed by atoms with Crippen LogP contribution >= 0.6 is 0 Å². The smallest absolute Gasteiger partial charge is 0.0862 e. The molecule has 0 aliphatic heterocycles. The molecule has 4 nitrogen and oxygen atoms in total. The molecule has 2 unspecified atom stereocenters. The van der Waals surface area contributed by atoms with Crippen molar-refractivity contribution in [2.24, 2.45) is 5.92 Å². The number of aliphatic hydroxyl groups is 1. The van der Waals surface area contributed by atoms with Gasteiger partial charge >= 0.3 is 0 Å². The van der Waals surface area contributed by atoms with Crippen LogP contribution in [-0.4, -0.2) is 34.2 Å². The predicted octanol–water partition coefficient (Wildman–Crippen LogP) is 2.57. The normalized spacial score (nSPS) is 18.8. The number of ether oxygens (including phenoxy) is 1. The zero-order chi connectivity index (χ0) is 13.8. The van der Waals surface area contributed by atoms with Crippen LogP contribution < -0.4 is 0 Å². The molecular formula is C15H26N2O2. The summed E-state index contributed by atoms with van der Waals surface area (Å²) < 4.78 is 7.45. The highest BCUT2D eigenvalue weighted by atomic mass is 16.5. The van der Waals surface area contributed by atoms with Gasteiger partial charge in [0.25, 0.3) is 0 Å². The number of nitrogens with zero attached hydrogens (tertiary/aromatic N) is 2. The third-order valence-corrected chi connectivity index (χ3v) is 4.14. The van der Waals surface area contributed by atoms with Crippen molar-refractivity contribution in [1.82, 2.24) is 9.78 Å². The van der Waals surface area contributed by atoms with Crippen LogP contribution in [0, 0.1) is 5.92 Å². The van der Waals surface area contributed by atoms with Gasteiger partial charge in [-0.3, -0.25) is 4.68 Å². The Bertz CT molecular complexity index is 383. The fraction of sp³-hybridized carbons (Fsp3) is 0.800. The average molecular weight is 266 g/mol. The summed E-state index contributed by atoms with van der Waals surface area (Å²) in [6.45, 7) is 4.36. The lowest BCUT2D eigenvalue weighted by molar-refractivity contribution is -0.0242. The number of aliphatic hydroxyl groups excluding tert-OH is 1. The van der Waals surface area contributed by atoms with E-state index in [2.05, 4.69) is 18.9 Å². The molecule has 1 N–H and O–H groups in total. The first-order valence-electron chi connectivity index (χ1n) is 7.44. The minimum atomic E-state index is -0.442. The van der Waals surface area contributed by atoms with Crippen LogP contribution in [0.4, 0.5) is 0 Å². The van der Waals surface area contributed by atoms with Gasteiger partial charge in [0.1, 0.15) is 0 Å². The van der Waals surface area contributed by atoms with E-state index in [-0.39, 0.29) is 6.10 Å². The largest absolute Gasteiger partial charge is 0.390 e. The Kier molecular flexibility index (Phi) is 4.99. The summed E-state index contributed by atoms with van der Waals surface area (Å²) in [6.07, 6.45) is 6.67. The molecule has 1 heterocycles. The minimum absolute atomic E-state index is 0.0294. The molecule has 0 saturated heterocycles. The van der Waals surface area contributed by atoms with Crippen molar-refractivity contribution in [2.45, 2.75) is 64.2 Å². The zero-order valence-electron chi connectivity index (χ0n) is 12.2. The van der Waals surface area contributed by atoms with Gasteiger partial charge in [0.2, 0.25) is 0 Å². The van der Waals surface area contributed by atoms with E-state index in [1.165, 1.54) is 12.8 Å². The molecule has 0 spiro atoms. The predicted molar refractivity (Wildman–Crippen MR) is 75.1 cm³/mol. The number of rotatable bonds is 8. The van der Waals surface area contributed by atoms with Crippen LogP contribution in [0.3, 0.4) is 0 Å². The van der Waals surface area contributed by atoms with E-state index < -0.39 is 6.10 Å². The summed E-state index contributed by atoms with van der Waals surface area (Å²) in [7, 11) is 1.69. The summed E-state index contributed by atoms with van der Waals surface area (Å²) in [4.78, 5) is 0. The summed E-state index contributed by atoms with van der Waals surface area (Å²) in [6, 6.07) is 2.48. The number of methoxy groups -OCH3 is 1. The summed E-state index contributed by atoms with van der Waals surface area (Å²) in [5.74, 6) is 0.543. The second kappa shape index (κ2) is 6.53. The molecule has 2 rings (SSSR count). The van der Waals surface area contributed by atoms with Crippen molar-refractivity contribution in [3.63, 3.8) is 0 Å². The van der Waals surface area contributed by atoms with Gasteiger partial charge in [0.15, 0.2) is 0 Å². The number of hydrogen-bond donors (Lipinski definition) is 1. The second-order valence-corrected chi connectivity index (χ2v) is 5.57. The summed E-state index contributed by atoms with van der Waals surface area (Å²) in [5, 5.41) is 14.9. The van der Waals surface area contributed by atoms with Gasteiger partial charge in [-0.25, -0.2) is 0 Å². The number of aromatic nitrogens is 2. The summed E-state index contributed by atoms with van der Waals surface area (Å²) >= 11 is 0. The van der Waals surface area contributed by atoms with E-state index in [9.17, 15) is 5.11 Å². The standard InChI is InChI=1S/C15H26N2O2/c1-4-13(5-2)17-9-8-12(16-17)10-14(18)15(19-3)11-6-7-11/h8-9,11,13-15,18H,4-7,10H2,1-3H3. The zero-order valence-corrected chi connectivity index (χ0v) is 12.2. The molecule has 1 aliphatic carbocycles.